The maximum Gasteiger partial charge on any atom is 0.407 e. The summed E-state index contributed by atoms with van der Waals surface area (Å²) in [5.41, 5.74) is -0.745. The third-order valence-corrected chi connectivity index (χ3v) is 29.1. The van der Waals surface area contributed by atoms with E-state index in [9.17, 15) is 9.59 Å². The number of hydrogen-bond donors (Lipinski definition) is 1. The predicted octanol–water partition coefficient (Wildman–Crippen LogP) is 14.0. The highest BCUT2D eigenvalue weighted by Crippen LogP contribution is 2.60. The van der Waals surface area contributed by atoms with Crippen LogP contribution in [0.3, 0.4) is 0 Å². The second-order valence-electron chi connectivity index (χ2n) is 27.6. The van der Waals surface area contributed by atoms with E-state index in [0.29, 0.717) is 82.7 Å². The molecule has 6 fully saturated rings. The van der Waals surface area contributed by atoms with Crippen LogP contribution in [0.25, 0.3) is 0 Å². The molecule has 1 N–H and O–H groups in total. The summed E-state index contributed by atoms with van der Waals surface area (Å²) in [5.74, 6) is -3.77. The number of Topliss-reactive ketones (excluding diaryl/α,β-unsaturated/α-hetero) is 1. The molecule has 0 saturated carbocycles. The second-order valence-corrected chi connectivity index (χ2v) is 37.0. The summed E-state index contributed by atoms with van der Waals surface area (Å²) in [4.78, 5) is 43.1. The lowest BCUT2D eigenvalue weighted by molar-refractivity contribution is -0.400. The number of rotatable bonds is 15. The first-order valence-corrected chi connectivity index (χ1v) is 35.3. The van der Waals surface area contributed by atoms with Gasteiger partial charge in [-0.3, -0.25) is 4.79 Å². The molecule has 7 rings (SSSR count). The summed E-state index contributed by atoms with van der Waals surface area (Å²) in [6.45, 7) is 41.5. The number of fused-ring (bicyclic) bond motifs is 7. The SMILES string of the molecule is C=CCOC(=O)NC[C@H](C)[C@@H](C)C[C@]12CCC(C(=O)OC(C)(C)C)=C[C@@H]1[C@@H]1O[C@]3(C[C@H]4CCC[C@@]5(CC[C@@]6(O[C@@H](CC[C@@]6(C)O[Si](CC)(CC)CC)CC(=C)CCCC2=O)O5)O4)C[C@@H](C)[C@@H](O[Si](C)(C)C(C)(C)C)[C@H]1O3. The van der Waals surface area contributed by atoms with Crippen molar-refractivity contribution < 1.29 is 56.4 Å². The number of hydrogen-bond acceptors (Lipinski definition) is 12. The average molecular weight is 1100 g/mol. The van der Waals surface area contributed by atoms with E-state index in [1.54, 1.807) is 6.08 Å². The highest BCUT2D eigenvalue weighted by Gasteiger charge is 2.68. The molecular weight excluding hydrogens is 995 g/mol. The van der Waals surface area contributed by atoms with Crippen LogP contribution in [0.5, 0.6) is 0 Å². The fourth-order valence-corrected chi connectivity index (χ4v) is 18.6. The van der Waals surface area contributed by atoms with E-state index in [1.165, 1.54) is 0 Å². The van der Waals surface area contributed by atoms with E-state index < -0.39 is 74.8 Å². The van der Waals surface area contributed by atoms with Crippen LogP contribution in [0, 0.1) is 29.1 Å². The van der Waals surface area contributed by atoms with E-state index in [1.807, 2.05) is 20.8 Å². The Morgan fingerprint density at radius 2 is 1.55 bits per heavy atom. The summed E-state index contributed by atoms with van der Waals surface area (Å²) < 4.78 is 64.2. The normalized spacial score (nSPS) is 37.4. The highest BCUT2D eigenvalue weighted by molar-refractivity contribution is 6.74. The van der Waals surface area contributed by atoms with Gasteiger partial charge in [-0.1, -0.05) is 93.2 Å². The number of ether oxygens (including phenoxy) is 7. The van der Waals surface area contributed by atoms with Gasteiger partial charge in [0.05, 0.1) is 24.4 Å². The van der Waals surface area contributed by atoms with Crippen molar-refractivity contribution >= 4 is 34.5 Å². The molecule has 15 heteroatoms. The summed E-state index contributed by atoms with van der Waals surface area (Å²) >= 11 is 0. The van der Waals surface area contributed by atoms with Crippen LogP contribution in [-0.4, -0.2) is 107 Å². The number of alkyl carbamates (subject to hydrolysis) is 1. The zero-order valence-electron chi connectivity index (χ0n) is 50.0. The summed E-state index contributed by atoms with van der Waals surface area (Å²) in [6.07, 6.45) is 11.3. The molecule has 6 aliphatic heterocycles. The Hall–Kier alpha value is -2.22. The number of ketones is 1. The van der Waals surface area contributed by atoms with E-state index in [4.69, 9.17) is 42.0 Å². The first-order chi connectivity index (χ1) is 35.4. The topological polar surface area (TPSA) is 146 Å². The molecule has 13 nitrogen and oxygen atoms in total. The number of carbonyl (C=O) groups excluding carboxylic acids is 3. The molecule has 1 amide bonds. The minimum Gasteiger partial charge on any atom is -0.457 e. The Kier molecular flexibility index (Phi) is 18.9. The summed E-state index contributed by atoms with van der Waals surface area (Å²) in [5, 5.41) is 2.86. The zero-order valence-corrected chi connectivity index (χ0v) is 52.0. The zero-order chi connectivity index (χ0) is 55.9. The number of carbonyl (C=O) groups is 3. The Bertz CT molecular complexity index is 2120. The molecule has 0 aromatic carbocycles. The van der Waals surface area contributed by atoms with Crippen LogP contribution in [0.15, 0.2) is 36.5 Å². The van der Waals surface area contributed by atoms with Crippen LogP contribution in [0.1, 0.15) is 193 Å². The molecule has 0 aromatic rings. The fourth-order valence-electron chi connectivity index (χ4n) is 14.0. The lowest BCUT2D eigenvalue weighted by Gasteiger charge is -2.55. The minimum atomic E-state index is -2.42. The van der Waals surface area contributed by atoms with Gasteiger partial charge in [0, 0.05) is 62.0 Å². The van der Waals surface area contributed by atoms with Crippen LogP contribution in [-0.2, 0) is 51.6 Å². The lowest BCUT2D eigenvalue weighted by Crippen LogP contribution is -2.65. The minimum absolute atomic E-state index is 0.0304. The van der Waals surface area contributed by atoms with Crippen molar-refractivity contribution in [3.63, 3.8) is 0 Å². The van der Waals surface area contributed by atoms with Crippen molar-refractivity contribution in [3.05, 3.63) is 36.5 Å². The number of amides is 1. The lowest BCUT2D eigenvalue weighted by atomic mass is 9.57. The molecule has 0 aromatic heterocycles. The highest BCUT2D eigenvalue weighted by atomic mass is 28.4. The van der Waals surface area contributed by atoms with Crippen molar-refractivity contribution in [2.45, 2.75) is 288 Å². The largest absolute Gasteiger partial charge is 0.457 e. The monoisotopic (exact) mass is 1100 g/mol. The van der Waals surface area contributed by atoms with Gasteiger partial charge in [-0.15, -0.1) is 0 Å². The second kappa shape index (κ2) is 23.3. The van der Waals surface area contributed by atoms with Crippen LogP contribution in [0.2, 0.25) is 36.3 Å². The Balaban J connectivity index is 1.35. The average Bonchev–Trinajstić information content (AvgIpc) is 3.85. The van der Waals surface area contributed by atoms with Crippen LogP contribution in [0.4, 0.5) is 4.79 Å². The number of esters is 1. The molecule has 0 unspecified atom stereocenters. The van der Waals surface area contributed by atoms with Gasteiger partial charge in [0.15, 0.2) is 34.0 Å². The maximum absolute atomic E-state index is 16.0. The quantitative estimate of drug-likeness (QED) is 0.0946. The Labute approximate surface area is 461 Å². The van der Waals surface area contributed by atoms with Gasteiger partial charge in [0.25, 0.3) is 0 Å². The van der Waals surface area contributed by atoms with Gasteiger partial charge in [-0.25, -0.2) is 9.59 Å². The van der Waals surface area contributed by atoms with Gasteiger partial charge in [-0.2, -0.15) is 0 Å². The molecule has 14 atom stereocenters. The van der Waals surface area contributed by atoms with E-state index in [-0.39, 0.29) is 59.5 Å². The van der Waals surface area contributed by atoms with Gasteiger partial charge in [0.2, 0.25) is 0 Å². The smallest absolute Gasteiger partial charge is 0.407 e. The van der Waals surface area contributed by atoms with Gasteiger partial charge in [0.1, 0.15) is 29.7 Å². The molecule has 7 aliphatic rings. The Morgan fingerprint density at radius 1 is 0.855 bits per heavy atom. The van der Waals surface area contributed by atoms with Crippen LogP contribution >= 0.6 is 0 Å². The third kappa shape index (κ3) is 12.9. The van der Waals surface area contributed by atoms with Crippen molar-refractivity contribution in [1.29, 1.82) is 0 Å². The molecular formula is C61H103NO12Si2. The first-order valence-electron chi connectivity index (χ1n) is 29.9. The van der Waals surface area contributed by atoms with Crippen molar-refractivity contribution in [2.75, 3.05) is 13.2 Å². The van der Waals surface area contributed by atoms with E-state index >= 15 is 4.79 Å². The third-order valence-electron chi connectivity index (χ3n) is 19.9. The first kappa shape index (κ1) is 61.4. The van der Waals surface area contributed by atoms with Gasteiger partial charge in [-0.05, 0) is 146 Å². The van der Waals surface area contributed by atoms with Crippen molar-refractivity contribution in [2.24, 2.45) is 29.1 Å². The van der Waals surface area contributed by atoms with Gasteiger partial charge < -0.3 is 47.3 Å². The Morgan fingerprint density at radius 3 is 2.21 bits per heavy atom. The molecule has 0 radical (unpaired) electrons. The fraction of sp³-hybridized carbons (Fsp3) is 0.852. The summed E-state index contributed by atoms with van der Waals surface area (Å²) in [7, 11) is -4.54. The van der Waals surface area contributed by atoms with E-state index in [0.717, 1.165) is 55.8 Å². The van der Waals surface area contributed by atoms with Crippen molar-refractivity contribution in [3.8, 4) is 0 Å². The molecule has 6 heterocycles. The molecule has 6 saturated heterocycles. The molecule has 432 valence electrons. The van der Waals surface area contributed by atoms with Crippen molar-refractivity contribution in [1.82, 2.24) is 5.32 Å². The summed E-state index contributed by atoms with van der Waals surface area (Å²) in [6, 6.07) is 3.09. The molecule has 1 aliphatic carbocycles. The number of nitrogens with one attached hydrogen (secondary N) is 1. The van der Waals surface area contributed by atoms with E-state index in [2.05, 4.69) is 107 Å². The molecule has 76 heavy (non-hydrogen) atoms. The van der Waals surface area contributed by atoms with Gasteiger partial charge >= 0.3 is 12.1 Å². The van der Waals surface area contributed by atoms with Crippen LogP contribution < -0.4 is 5.32 Å². The predicted molar refractivity (Wildman–Crippen MR) is 302 cm³/mol. The molecule has 3 spiro atoms. The molecule has 7 bridgehead atoms. The maximum atomic E-state index is 16.0. The standard InChI is InChI=1S/C61H103NO12Si2/c1-18-34-66-54(65)62-40-44(8)42(6)37-58-31-27-45(53(64)71-55(9,10)11)36-48(58)51-52-50(72-75(16,17)56(12,13)14)43(7)38-60(69-51,70-52)39-47-25-23-29-59(67-47)32-33-61(73-59)57(15,74-76(19-2,20-3)21-4)30-28-46(68-61)35-41(5)24-22-26-49(58)63/h18,36,42-44,46-48,50-52H,1,5,19-35,37-40H2,2-4,6-17H3,(H,62,65)/t42-,43+,44-,46-,47+,48+,50+,51-,52+,57+,58+,59+,60+,61+/m0/s1.